The van der Waals surface area contributed by atoms with Crippen LogP contribution in [0.25, 0.3) is 11.4 Å². The lowest BCUT2D eigenvalue weighted by atomic mass is 10.2. The largest absolute Gasteiger partial charge is 0.321 e. The van der Waals surface area contributed by atoms with E-state index < -0.39 is 0 Å². The minimum Gasteiger partial charge on any atom is -0.321 e. The molecule has 0 spiro atoms. The molecule has 0 atom stereocenters. The second-order valence-corrected chi connectivity index (χ2v) is 4.78. The van der Waals surface area contributed by atoms with Gasteiger partial charge in [0, 0.05) is 16.9 Å². The summed E-state index contributed by atoms with van der Waals surface area (Å²) in [6, 6.07) is 14.1. The number of hydrogen-bond acceptors (Lipinski definition) is 3. The van der Waals surface area contributed by atoms with E-state index in [1.165, 1.54) is 0 Å². The predicted molar refractivity (Wildman–Crippen MR) is 81.2 cm³/mol. The predicted octanol–water partition coefficient (Wildman–Crippen LogP) is 3.38. The summed E-state index contributed by atoms with van der Waals surface area (Å²) in [6.07, 6.45) is 1.68. The molecule has 0 aliphatic carbocycles. The number of amides is 1. The molecular weight excluding hydrogens is 288 g/mol. The molecule has 0 radical (unpaired) electrons. The molecular formula is C15H11ClN4O. The van der Waals surface area contributed by atoms with Crippen LogP contribution in [0.4, 0.5) is 5.69 Å². The van der Waals surface area contributed by atoms with Crippen LogP contribution in [0.15, 0.2) is 54.7 Å². The van der Waals surface area contributed by atoms with E-state index in [1.807, 2.05) is 18.2 Å². The third-order valence-corrected chi connectivity index (χ3v) is 3.10. The van der Waals surface area contributed by atoms with Crippen molar-refractivity contribution in [3.05, 3.63) is 65.4 Å². The van der Waals surface area contributed by atoms with Crippen molar-refractivity contribution in [2.45, 2.75) is 0 Å². The maximum absolute atomic E-state index is 12.1. The summed E-state index contributed by atoms with van der Waals surface area (Å²) in [7, 11) is 0. The Bertz CT molecular complexity index is 753. The molecule has 3 rings (SSSR count). The van der Waals surface area contributed by atoms with Crippen molar-refractivity contribution >= 4 is 23.2 Å². The van der Waals surface area contributed by atoms with Gasteiger partial charge in [0.15, 0.2) is 0 Å². The Kier molecular flexibility index (Phi) is 3.66. The van der Waals surface area contributed by atoms with Crippen molar-refractivity contribution in [1.29, 1.82) is 0 Å². The van der Waals surface area contributed by atoms with Gasteiger partial charge in [-0.3, -0.25) is 14.9 Å². The Morgan fingerprint density at radius 1 is 1.10 bits per heavy atom. The Morgan fingerprint density at radius 2 is 1.90 bits per heavy atom. The SMILES string of the molecule is O=C(Nc1ccc(Cl)cc1)c1cc(-c2ccccn2)n[nH]1. The summed E-state index contributed by atoms with van der Waals surface area (Å²) in [6.45, 7) is 0. The number of nitrogens with zero attached hydrogens (tertiary/aromatic N) is 2. The van der Waals surface area contributed by atoms with E-state index in [2.05, 4.69) is 20.5 Å². The summed E-state index contributed by atoms with van der Waals surface area (Å²) in [4.78, 5) is 16.3. The monoisotopic (exact) mass is 298 g/mol. The van der Waals surface area contributed by atoms with Crippen molar-refractivity contribution in [3.8, 4) is 11.4 Å². The number of pyridine rings is 1. The van der Waals surface area contributed by atoms with Crippen molar-refractivity contribution < 1.29 is 4.79 Å². The zero-order chi connectivity index (χ0) is 14.7. The van der Waals surface area contributed by atoms with Crippen molar-refractivity contribution in [1.82, 2.24) is 15.2 Å². The maximum Gasteiger partial charge on any atom is 0.273 e. The van der Waals surface area contributed by atoms with Gasteiger partial charge in [-0.05, 0) is 42.5 Å². The first-order chi connectivity index (χ1) is 10.2. The van der Waals surface area contributed by atoms with Crippen LogP contribution in [-0.2, 0) is 0 Å². The van der Waals surface area contributed by atoms with Crippen LogP contribution in [0, 0.1) is 0 Å². The molecule has 21 heavy (non-hydrogen) atoms. The number of benzene rings is 1. The second kappa shape index (κ2) is 5.76. The molecule has 0 aliphatic heterocycles. The number of nitrogens with one attached hydrogen (secondary N) is 2. The molecule has 1 aromatic carbocycles. The molecule has 104 valence electrons. The molecule has 2 N–H and O–H groups in total. The number of carbonyl (C=O) groups excluding carboxylic acids is 1. The van der Waals surface area contributed by atoms with E-state index in [0.29, 0.717) is 27.8 Å². The minimum absolute atomic E-state index is 0.271. The number of aromatic amines is 1. The van der Waals surface area contributed by atoms with E-state index in [-0.39, 0.29) is 5.91 Å². The van der Waals surface area contributed by atoms with Crippen LogP contribution in [0.2, 0.25) is 5.02 Å². The van der Waals surface area contributed by atoms with Gasteiger partial charge in [0.2, 0.25) is 0 Å². The first-order valence-electron chi connectivity index (χ1n) is 6.26. The normalized spacial score (nSPS) is 10.3. The maximum atomic E-state index is 12.1. The number of halogens is 1. The van der Waals surface area contributed by atoms with E-state index in [9.17, 15) is 4.79 Å². The topological polar surface area (TPSA) is 70.7 Å². The van der Waals surface area contributed by atoms with Crippen molar-refractivity contribution in [2.24, 2.45) is 0 Å². The van der Waals surface area contributed by atoms with Gasteiger partial charge < -0.3 is 5.32 Å². The third kappa shape index (κ3) is 3.09. The lowest BCUT2D eigenvalue weighted by Crippen LogP contribution is -2.12. The summed E-state index contributed by atoms with van der Waals surface area (Å²) in [5.74, 6) is -0.271. The molecule has 3 aromatic rings. The van der Waals surface area contributed by atoms with Gasteiger partial charge >= 0.3 is 0 Å². The van der Waals surface area contributed by atoms with Crippen molar-refractivity contribution in [3.63, 3.8) is 0 Å². The number of carbonyl (C=O) groups is 1. The lowest BCUT2D eigenvalue weighted by molar-refractivity contribution is 0.102. The smallest absolute Gasteiger partial charge is 0.273 e. The van der Waals surface area contributed by atoms with Crippen LogP contribution < -0.4 is 5.32 Å². The summed E-state index contributed by atoms with van der Waals surface area (Å²) in [5, 5.41) is 10.2. The molecule has 0 saturated carbocycles. The minimum atomic E-state index is -0.271. The van der Waals surface area contributed by atoms with Gasteiger partial charge in [-0.15, -0.1) is 0 Å². The Labute approximate surface area is 126 Å². The van der Waals surface area contributed by atoms with Gasteiger partial charge in [0.05, 0.1) is 5.69 Å². The van der Waals surface area contributed by atoms with Gasteiger partial charge in [0.25, 0.3) is 5.91 Å². The Hall–Kier alpha value is -2.66. The summed E-state index contributed by atoms with van der Waals surface area (Å²) < 4.78 is 0. The zero-order valence-corrected chi connectivity index (χ0v) is 11.6. The quantitative estimate of drug-likeness (QED) is 0.778. The first-order valence-corrected chi connectivity index (χ1v) is 6.64. The molecule has 0 saturated heterocycles. The Morgan fingerprint density at radius 3 is 2.62 bits per heavy atom. The van der Waals surface area contributed by atoms with Gasteiger partial charge in [-0.2, -0.15) is 5.10 Å². The lowest BCUT2D eigenvalue weighted by Gasteiger charge is -2.02. The van der Waals surface area contributed by atoms with Crippen molar-refractivity contribution in [2.75, 3.05) is 5.32 Å². The van der Waals surface area contributed by atoms with E-state index >= 15 is 0 Å². The van der Waals surface area contributed by atoms with Crippen LogP contribution in [-0.4, -0.2) is 21.1 Å². The number of rotatable bonds is 3. The number of anilines is 1. The molecule has 0 aliphatic rings. The fourth-order valence-electron chi connectivity index (χ4n) is 1.82. The molecule has 0 fully saturated rings. The highest BCUT2D eigenvalue weighted by Gasteiger charge is 2.11. The molecule has 0 unspecified atom stereocenters. The van der Waals surface area contributed by atoms with Crippen LogP contribution in [0.1, 0.15) is 10.5 Å². The zero-order valence-electron chi connectivity index (χ0n) is 10.9. The van der Waals surface area contributed by atoms with E-state index in [1.54, 1.807) is 36.5 Å². The van der Waals surface area contributed by atoms with Crippen LogP contribution in [0.3, 0.4) is 0 Å². The average molecular weight is 299 g/mol. The van der Waals surface area contributed by atoms with Crippen LogP contribution >= 0.6 is 11.6 Å². The fourth-order valence-corrected chi connectivity index (χ4v) is 1.94. The molecule has 1 amide bonds. The average Bonchev–Trinajstić information content (AvgIpc) is 3.00. The highest BCUT2D eigenvalue weighted by molar-refractivity contribution is 6.30. The number of H-pyrrole nitrogens is 1. The molecule has 5 nitrogen and oxygen atoms in total. The highest BCUT2D eigenvalue weighted by Crippen LogP contribution is 2.17. The summed E-state index contributed by atoms with van der Waals surface area (Å²) >= 11 is 5.80. The Balaban J connectivity index is 1.77. The van der Waals surface area contributed by atoms with E-state index in [0.717, 1.165) is 0 Å². The molecule has 6 heteroatoms. The highest BCUT2D eigenvalue weighted by atomic mass is 35.5. The second-order valence-electron chi connectivity index (χ2n) is 4.34. The van der Waals surface area contributed by atoms with E-state index in [4.69, 9.17) is 11.6 Å². The molecule has 2 heterocycles. The molecule has 0 bridgehead atoms. The first kappa shape index (κ1) is 13.3. The van der Waals surface area contributed by atoms with Gasteiger partial charge in [0.1, 0.15) is 11.4 Å². The number of hydrogen-bond donors (Lipinski definition) is 2. The third-order valence-electron chi connectivity index (χ3n) is 2.85. The summed E-state index contributed by atoms with van der Waals surface area (Å²) in [5.41, 5.74) is 2.36. The standard InChI is InChI=1S/C15H11ClN4O/c16-10-4-6-11(7-5-10)18-15(21)14-9-13(19-20-14)12-3-1-2-8-17-12/h1-9H,(H,18,21)(H,19,20). The van der Waals surface area contributed by atoms with Gasteiger partial charge in [-0.25, -0.2) is 0 Å². The van der Waals surface area contributed by atoms with Gasteiger partial charge in [-0.1, -0.05) is 17.7 Å². The fraction of sp³-hybridized carbons (Fsp3) is 0. The molecule has 2 aromatic heterocycles. The van der Waals surface area contributed by atoms with Crippen LogP contribution in [0.5, 0.6) is 0 Å². The number of aromatic nitrogens is 3.